The lowest BCUT2D eigenvalue weighted by molar-refractivity contribution is 0.0886. The number of hydrogen-bond donors (Lipinski definition) is 1. The van der Waals surface area contributed by atoms with Gasteiger partial charge in [0.05, 0.1) is 5.69 Å². The van der Waals surface area contributed by atoms with Crippen molar-refractivity contribution >= 4 is 5.91 Å². The third-order valence-corrected chi connectivity index (χ3v) is 6.32. The van der Waals surface area contributed by atoms with Crippen molar-refractivity contribution in [1.29, 1.82) is 0 Å². The third-order valence-electron chi connectivity index (χ3n) is 6.32. The third kappa shape index (κ3) is 4.82. The molecule has 28 heavy (non-hydrogen) atoms. The number of nitrogens with one attached hydrogen (secondary N) is 1. The number of nitrogens with zero attached hydrogens (tertiary/aromatic N) is 3. The highest BCUT2D eigenvalue weighted by Crippen LogP contribution is 2.26. The molecule has 1 aromatic heterocycles. The minimum atomic E-state index is 0.0554. The minimum Gasteiger partial charge on any atom is -0.349 e. The molecule has 0 radical (unpaired) electrons. The van der Waals surface area contributed by atoms with E-state index in [4.69, 9.17) is 0 Å². The van der Waals surface area contributed by atoms with Gasteiger partial charge in [-0.1, -0.05) is 25.7 Å². The van der Waals surface area contributed by atoms with E-state index in [9.17, 15) is 4.79 Å². The average molecular weight is 381 g/mol. The van der Waals surface area contributed by atoms with Gasteiger partial charge in [-0.3, -0.25) is 4.79 Å². The van der Waals surface area contributed by atoms with E-state index in [0.717, 1.165) is 24.2 Å². The van der Waals surface area contributed by atoms with Crippen LogP contribution >= 0.6 is 0 Å². The first-order valence-corrected chi connectivity index (χ1v) is 10.9. The number of carbonyl (C=O) groups excluding carboxylic acids is 1. The molecule has 4 rings (SSSR count). The van der Waals surface area contributed by atoms with E-state index >= 15 is 0 Å². The Hall–Kier alpha value is -2.14. The molecule has 0 spiro atoms. The highest BCUT2D eigenvalue weighted by molar-refractivity contribution is 5.94. The number of likely N-dealkylation sites (tertiary alicyclic amines) is 1. The lowest BCUT2D eigenvalue weighted by Gasteiger charge is -2.35. The Morgan fingerprint density at radius 2 is 1.75 bits per heavy atom. The van der Waals surface area contributed by atoms with E-state index in [1.807, 2.05) is 36.5 Å². The minimum absolute atomic E-state index is 0.0554. The highest BCUT2D eigenvalue weighted by atomic mass is 16.1. The second kappa shape index (κ2) is 9.37. The first-order valence-electron chi connectivity index (χ1n) is 10.9. The summed E-state index contributed by atoms with van der Waals surface area (Å²) in [6.45, 7) is 3.60. The monoisotopic (exact) mass is 380 g/mol. The molecule has 2 atom stereocenters. The van der Waals surface area contributed by atoms with Gasteiger partial charge in [-0.2, -0.15) is 5.10 Å². The molecule has 0 bridgehead atoms. The van der Waals surface area contributed by atoms with Crippen molar-refractivity contribution in [2.45, 2.75) is 57.4 Å². The Morgan fingerprint density at radius 1 is 1.00 bits per heavy atom. The number of rotatable bonds is 5. The molecular weight excluding hydrogens is 348 g/mol. The SMILES string of the molecule is O=C(NC1CCCCC1CN1CCCCCC1)c1ccc(-n2cccn2)cc1. The van der Waals surface area contributed by atoms with Gasteiger partial charge >= 0.3 is 0 Å². The van der Waals surface area contributed by atoms with Crippen LogP contribution in [0.15, 0.2) is 42.7 Å². The first-order chi connectivity index (χ1) is 13.8. The van der Waals surface area contributed by atoms with Crippen LogP contribution in [-0.2, 0) is 0 Å². The summed E-state index contributed by atoms with van der Waals surface area (Å²) in [5.74, 6) is 0.638. The van der Waals surface area contributed by atoms with Gasteiger partial charge in [0, 0.05) is 30.5 Å². The predicted octanol–water partition coefficient (Wildman–Crippen LogP) is 4.04. The van der Waals surface area contributed by atoms with E-state index in [1.54, 1.807) is 10.9 Å². The zero-order valence-electron chi connectivity index (χ0n) is 16.7. The second-order valence-corrected chi connectivity index (χ2v) is 8.34. The van der Waals surface area contributed by atoms with Crippen molar-refractivity contribution < 1.29 is 4.79 Å². The summed E-state index contributed by atoms with van der Waals surface area (Å²) in [5.41, 5.74) is 1.70. The maximum Gasteiger partial charge on any atom is 0.251 e. The van der Waals surface area contributed by atoms with Crippen molar-refractivity contribution in [2.24, 2.45) is 5.92 Å². The summed E-state index contributed by atoms with van der Waals surface area (Å²) in [7, 11) is 0. The number of benzene rings is 1. The number of amides is 1. The van der Waals surface area contributed by atoms with E-state index in [2.05, 4.69) is 15.3 Å². The molecule has 1 amide bonds. The van der Waals surface area contributed by atoms with Gasteiger partial charge in [0.15, 0.2) is 0 Å². The van der Waals surface area contributed by atoms with Crippen LogP contribution in [0.5, 0.6) is 0 Å². The van der Waals surface area contributed by atoms with Gasteiger partial charge in [-0.05, 0) is 75.0 Å². The van der Waals surface area contributed by atoms with Crippen LogP contribution in [0.25, 0.3) is 5.69 Å². The van der Waals surface area contributed by atoms with E-state index < -0.39 is 0 Å². The van der Waals surface area contributed by atoms with Crippen LogP contribution in [0.2, 0.25) is 0 Å². The van der Waals surface area contributed by atoms with Crippen molar-refractivity contribution in [3.05, 3.63) is 48.3 Å². The largest absolute Gasteiger partial charge is 0.349 e. The molecule has 1 aliphatic heterocycles. The highest BCUT2D eigenvalue weighted by Gasteiger charge is 2.28. The summed E-state index contributed by atoms with van der Waals surface area (Å²) in [5, 5.41) is 7.59. The summed E-state index contributed by atoms with van der Waals surface area (Å²) in [4.78, 5) is 15.5. The molecule has 1 saturated carbocycles. The predicted molar refractivity (Wildman–Crippen MR) is 112 cm³/mol. The quantitative estimate of drug-likeness (QED) is 0.852. The van der Waals surface area contributed by atoms with Crippen molar-refractivity contribution in [2.75, 3.05) is 19.6 Å². The maximum atomic E-state index is 12.9. The Morgan fingerprint density at radius 3 is 2.46 bits per heavy atom. The molecule has 2 heterocycles. The molecule has 5 nitrogen and oxygen atoms in total. The van der Waals surface area contributed by atoms with Gasteiger partial charge in [0.2, 0.25) is 0 Å². The maximum absolute atomic E-state index is 12.9. The summed E-state index contributed by atoms with van der Waals surface area (Å²) < 4.78 is 1.81. The Bertz CT molecular complexity index is 732. The molecule has 150 valence electrons. The normalized spacial score (nSPS) is 23.9. The van der Waals surface area contributed by atoms with Crippen LogP contribution in [-0.4, -0.2) is 46.3 Å². The Balaban J connectivity index is 1.37. The van der Waals surface area contributed by atoms with E-state index in [0.29, 0.717) is 12.0 Å². The van der Waals surface area contributed by atoms with E-state index in [1.165, 1.54) is 58.0 Å². The van der Waals surface area contributed by atoms with Crippen molar-refractivity contribution in [3.63, 3.8) is 0 Å². The van der Waals surface area contributed by atoms with Crippen LogP contribution in [0.4, 0.5) is 0 Å². The zero-order chi connectivity index (χ0) is 19.2. The fraction of sp³-hybridized carbons (Fsp3) is 0.565. The molecule has 1 aromatic carbocycles. The molecule has 1 N–H and O–H groups in total. The van der Waals surface area contributed by atoms with Crippen LogP contribution in [0.1, 0.15) is 61.7 Å². The first kappa shape index (κ1) is 19.2. The number of hydrogen-bond acceptors (Lipinski definition) is 3. The van der Waals surface area contributed by atoms with Gasteiger partial charge in [-0.15, -0.1) is 0 Å². The molecule has 2 fully saturated rings. The van der Waals surface area contributed by atoms with Gasteiger partial charge < -0.3 is 10.2 Å². The summed E-state index contributed by atoms with van der Waals surface area (Å²) >= 11 is 0. The second-order valence-electron chi connectivity index (χ2n) is 8.34. The molecule has 2 unspecified atom stereocenters. The van der Waals surface area contributed by atoms with Crippen molar-refractivity contribution in [1.82, 2.24) is 20.0 Å². The Labute approximate surface area is 168 Å². The topological polar surface area (TPSA) is 50.2 Å². The number of aromatic nitrogens is 2. The average Bonchev–Trinajstić information content (AvgIpc) is 3.15. The van der Waals surface area contributed by atoms with Crippen LogP contribution in [0, 0.1) is 5.92 Å². The van der Waals surface area contributed by atoms with Crippen LogP contribution < -0.4 is 5.32 Å². The fourth-order valence-corrected chi connectivity index (χ4v) is 4.71. The molecule has 5 heteroatoms. The van der Waals surface area contributed by atoms with Crippen LogP contribution in [0.3, 0.4) is 0 Å². The Kier molecular flexibility index (Phi) is 6.42. The van der Waals surface area contributed by atoms with Crippen molar-refractivity contribution in [3.8, 4) is 5.69 Å². The molecule has 1 saturated heterocycles. The molecule has 2 aliphatic rings. The molecule has 2 aromatic rings. The standard InChI is InChI=1S/C23H32N4O/c28-23(19-10-12-21(13-11-19)27-17-7-14-24-27)25-22-9-4-3-8-20(22)18-26-15-5-1-2-6-16-26/h7,10-14,17,20,22H,1-6,8-9,15-16,18H2,(H,25,28). The van der Waals surface area contributed by atoms with Gasteiger partial charge in [0.25, 0.3) is 5.91 Å². The molecular formula is C23H32N4O. The summed E-state index contributed by atoms with van der Waals surface area (Å²) in [6, 6.07) is 9.91. The lowest BCUT2D eigenvalue weighted by atomic mass is 9.84. The summed E-state index contributed by atoms with van der Waals surface area (Å²) in [6.07, 6.45) is 13.9. The van der Waals surface area contributed by atoms with Gasteiger partial charge in [0.1, 0.15) is 0 Å². The zero-order valence-corrected chi connectivity index (χ0v) is 16.7. The number of carbonyl (C=O) groups is 1. The lowest BCUT2D eigenvalue weighted by Crippen LogP contribution is -2.46. The smallest absolute Gasteiger partial charge is 0.251 e. The van der Waals surface area contributed by atoms with Gasteiger partial charge in [-0.25, -0.2) is 4.68 Å². The molecule has 1 aliphatic carbocycles. The van der Waals surface area contributed by atoms with E-state index in [-0.39, 0.29) is 5.91 Å². The fourth-order valence-electron chi connectivity index (χ4n) is 4.71.